The van der Waals surface area contributed by atoms with E-state index in [1.54, 1.807) is 48.5 Å². The van der Waals surface area contributed by atoms with Gasteiger partial charge in [-0.2, -0.15) is 5.26 Å². The fourth-order valence-electron chi connectivity index (χ4n) is 3.93. The molecule has 5 unspecified atom stereocenters. The monoisotopic (exact) mass is 589 g/mol. The largest absolute Gasteiger partial charge is 0.442 e. The summed E-state index contributed by atoms with van der Waals surface area (Å²) in [6.07, 6.45) is -2.50. The lowest BCUT2D eigenvalue weighted by atomic mass is 9.99. The van der Waals surface area contributed by atoms with Crippen LogP contribution in [0.2, 0.25) is 0 Å². The van der Waals surface area contributed by atoms with Gasteiger partial charge in [0, 0.05) is 5.56 Å². The molecule has 0 spiro atoms. The van der Waals surface area contributed by atoms with E-state index in [-0.39, 0.29) is 5.92 Å². The molecule has 0 heterocycles. The first-order valence-corrected chi connectivity index (χ1v) is 12.0. The van der Waals surface area contributed by atoms with E-state index in [2.05, 4.69) is 31.9 Å². The average Bonchev–Trinajstić information content (AvgIpc) is 3.32. The number of esters is 1. The molecule has 0 aliphatic heterocycles. The molecule has 0 aromatic heterocycles. The van der Waals surface area contributed by atoms with Crippen molar-refractivity contribution in [3.8, 4) is 6.07 Å². The molecule has 0 bridgehead atoms. The number of carbonyl (C=O) groups excluding carboxylic acids is 1. The average molecular weight is 592 g/mol. The van der Waals surface area contributed by atoms with Gasteiger partial charge >= 0.3 is 5.97 Å². The minimum absolute atomic E-state index is 0.187. The van der Waals surface area contributed by atoms with Gasteiger partial charge in [-0.3, -0.25) is 4.79 Å². The molecule has 2 aromatic carbocycles. The lowest BCUT2D eigenvalue weighted by Gasteiger charge is -2.20. The van der Waals surface area contributed by atoms with Crippen molar-refractivity contribution < 1.29 is 13.9 Å². The number of hydrogen-bond acceptors (Lipinski definition) is 3. The van der Waals surface area contributed by atoms with Crippen LogP contribution in [0.25, 0.3) is 0 Å². The Hall–Kier alpha value is -1.13. The van der Waals surface area contributed by atoms with E-state index in [0.29, 0.717) is 16.7 Å². The molecule has 5 atom stereocenters. The van der Waals surface area contributed by atoms with Crippen LogP contribution < -0.4 is 0 Å². The maximum Gasteiger partial charge on any atom is 0.311 e. The van der Waals surface area contributed by atoms with E-state index in [9.17, 15) is 14.4 Å². The second kappa shape index (κ2) is 9.39. The zero-order chi connectivity index (χ0) is 23.0. The van der Waals surface area contributed by atoms with Crippen LogP contribution in [0.3, 0.4) is 0 Å². The lowest BCUT2D eigenvalue weighted by Crippen LogP contribution is -2.24. The standard InChI is InChI=1S/C23H20Br2Cl2FNO2/c1-22(2)17(20(24)23(25,26)27)18(22)21(30)31-16(12-29)14-9-6-10-15(11-14)19(28)13-7-4-3-5-8-13/h3-11,16-20H,1-2H3. The predicted molar refractivity (Wildman–Crippen MR) is 127 cm³/mol. The third-order valence-corrected chi connectivity index (χ3v) is 9.10. The molecule has 2 aromatic rings. The molecular formula is C23H20Br2Cl2FNO2. The van der Waals surface area contributed by atoms with E-state index >= 15 is 0 Å². The highest BCUT2D eigenvalue weighted by Crippen LogP contribution is 2.65. The van der Waals surface area contributed by atoms with Crippen LogP contribution in [0.4, 0.5) is 4.39 Å². The van der Waals surface area contributed by atoms with Gasteiger partial charge in [0.25, 0.3) is 0 Å². The van der Waals surface area contributed by atoms with E-state index in [0.717, 1.165) is 0 Å². The molecule has 1 aliphatic carbocycles. The number of carbonyl (C=O) groups is 1. The lowest BCUT2D eigenvalue weighted by molar-refractivity contribution is -0.149. The third-order valence-electron chi connectivity index (χ3n) is 5.74. The highest BCUT2D eigenvalue weighted by Gasteiger charge is 2.67. The summed E-state index contributed by atoms with van der Waals surface area (Å²) in [5.74, 6) is -1.18. The van der Waals surface area contributed by atoms with E-state index in [4.69, 9.17) is 27.9 Å². The third kappa shape index (κ3) is 5.27. The fraction of sp³-hybridized carbons (Fsp3) is 0.391. The first-order valence-electron chi connectivity index (χ1n) is 9.58. The van der Waals surface area contributed by atoms with Crippen molar-refractivity contribution in [3.05, 3.63) is 71.3 Å². The summed E-state index contributed by atoms with van der Waals surface area (Å²) in [6.45, 7) is 3.83. The molecule has 0 saturated heterocycles. The van der Waals surface area contributed by atoms with E-state index in [1.807, 2.05) is 26.0 Å². The minimum Gasteiger partial charge on any atom is -0.442 e. The molecule has 1 fully saturated rings. The Morgan fingerprint density at radius 2 is 1.74 bits per heavy atom. The summed E-state index contributed by atoms with van der Waals surface area (Å²) in [5.41, 5.74) is 0.907. The van der Waals surface area contributed by atoms with Crippen molar-refractivity contribution in [2.24, 2.45) is 17.3 Å². The Morgan fingerprint density at radius 1 is 1.16 bits per heavy atom. The van der Waals surface area contributed by atoms with Gasteiger partial charge < -0.3 is 4.74 Å². The van der Waals surface area contributed by atoms with Crippen molar-refractivity contribution >= 4 is 61.0 Å². The maximum atomic E-state index is 14.9. The molecule has 1 saturated carbocycles. The number of rotatable bonds is 7. The number of benzene rings is 2. The summed E-state index contributed by atoms with van der Waals surface area (Å²) in [5, 5.41) is 9.63. The Bertz CT molecular complexity index is 991. The first kappa shape index (κ1) is 24.5. The molecule has 164 valence electrons. The summed E-state index contributed by atoms with van der Waals surface area (Å²) in [4.78, 5) is 12.5. The Balaban J connectivity index is 1.76. The molecule has 3 nitrogen and oxygen atoms in total. The Kier molecular flexibility index (Phi) is 7.42. The van der Waals surface area contributed by atoms with Crippen LogP contribution in [0, 0.1) is 28.6 Å². The van der Waals surface area contributed by atoms with Crippen molar-refractivity contribution in [2.75, 3.05) is 0 Å². The molecule has 1 aliphatic rings. The molecule has 0 N–H and O–H groups in total. The van der Waals surface area contributed by atoms with Gasteiger partial charge in [-0.15, -0.1) is 0 Å². The SMILES string of the molecule is CC1(C)C(C(=O)OC(C#N)c2cccc(C(F)c3ccccc3)c2)C1C(Br)C(Cl)(Cl)Br. The van der Waals surface area contributed by atoms with Crippen LogP contribution >= 0.6 is 55.1 Å². The normalized spacial score (nSPS) is 22.6. The second-order valence-corrected chi connectivity index (χ2v) is 12.7. The van der Waals surface area contributed by atoms with Gasteiger partial charge in [0.1, 0.15) is 6.07 Å². The van der Waals surface area contributed by atoms with Crippen molar-refractivity contribution in [1.82, 2.24) is 0 Å². The molecule has 31 heavy (non-hydrogen) atoms. The summed E-state index contributed by atoms with van der Waals surface area (Å²) >= 11 is 18.9. The van der Waals surface area contributed by atoms with Crippen LogP contribution in [-0.2, 0) is 9.53 Å². The number of hydrogen-bond donors (Lipinski definition) is 0. The number of nitriles is 1. The van der Waals surface area contributed by atoms with E-state index < -0.39 is 37.6 Å². The van der Waals surface area contributed by atoms with Gasteiger partial charge in [0.15, 0.2) is 9.41 Å². The van der Waals surface area contributed by atoms with Gasteiger partial charge in [-0.1, -0.05) is 102 Å². The van der Waals surface area contributed by atoms with Gasteiger partial charge in [-0.25, -0.2) is 4.39 Å². The van der Waals surface area contributed by atoms with Gasteiger partial charge in [0.05, 0.1) is 10.7 Å². The summed E-state index contributed by atoms with van der Waals surface area (Å²) in [6, 6.07) is 17.2. The highest BCUT2D eigenvalue weighted by molar-refractivity contribution is 9.13. The molecule has 0 radical (unpaired) electrons. The Labute approximate surface area is 208 Å². The maximum absolute atomic E-state index is 14.9. The number of halogens is 5. The first-order chi connectivity index (χ1) is 14.5. The molecular weight excluding hydrogens is 572 g/mol. The molecule has 0 amide bonds. The number of alkyl halides is 5. The number of ether oxygens (including phenoxy) is 1. The van der Waals surface area contributed by atoms with Crippen LogP contribution in [-0.4, -0.2) is 14.0 Å². The van der Waals surface area contributed by atoms with Crippen molar-refractivity contribution in [1.29, 1.82) is 5.26 Å². The topological polar surface area (TPSA) is 50.1 Å². The van der Waals surface area contributed by atoms with Crippen LogP contribution in [0.15, 0.2) is 54.6 Å². The van der Waals surface area contributed by atoms with Crippen molar-refractivity contribution in [2.45, 2.75) is 34.2 Å². The zero-order valence-corrected chi connectivity index (χ0v) is 21.4. The van der Waals surface area contributed by atoms with Crippen LogP contribution in [0.1, 0.15) is 42.8 Å². The van der Waals surface area contributed by atoms with Gasteiger partial charge in [0.2, 0.25) is 6.10 Å². The summed E-state index contributed by atoms with van der Waals surface area (Å²) < 4.78 is 19.2. The summed E-state index contributed by atoms with van der Waals surface area (Å²) in [7, 11) is 0. The van der Waals surface area contributed by atoms with Crippen molar-refractivity contribution in [3.63, 3.8) is 0 Å². The highest BCUT2D eigenvalue weighted by atomic mass is 79.9. The number of nitrogens with zero attached hydrogens (tertiary/aromatic N) is 1. The van der Waals surface area contributed by atoms with Crippen LogP contribution in [0.5, 0.6) is 0 Å². The smallest absolute Gasteiger partial charge is 0.311 e. The fourth-order valence-corrected chi connectivity index (χ4v) is 5.47. The Morgan fingerprint density at radius 3 is 2.32 bits per heavy atom. The predicted octanol–water partition coefficient (Wildman–Crippen LogP) is 7.42. The molecule has 3 rings (SSSR count). The quantitative estimate of drug-likeness (QED) is 0.249. The minimum atomic E-state index is -1.35. The van der Waals surface area contributed by atoms with E-state index in [1.165, 1.54) is 0 Å². The van der Waals surface area contributed by atoms with Gasteiger partial charge in [-0.05, 0) is 44.5 Å². The second-order valence-electron chi connectivity index (χ2n) is 8.16. The zero-order valence-electron chi connectivity index (χ0n) is 16.7. The molecule has 8 heteroatoms.